The molecule has 0 aliphatic rings. The van der Waals surface area contributed by atoms with Crippen molar-refractivity contribution in [3.63, 3.8) is 0 Å². The maximum atomic E-state index is 11.6. The third kappa shape index (κ3) is 3.67. The summed E-state index contributed by atoms with van der Waals surface area (Å²) >= 11 is 0. The topological polar surface area (TPSA) is 68.0 Å². The number of rotatable bonds is 5. The van der Waals surface area contributed by atoms with E-state index >= 15 is 0 Å². The van der Waals surface area contributed by atoms with Gasteiger partial charge in [0.1, 0.15) is 5.69 Å². The highest BCUT2D eigenvalue weighted by atomic mass is 16.1. The number of nitrogens with two attached hydrogens (primary N) is 1. The van der Waals surface area contributed by atoms with Crippen molar-refractivity contribution >= 4 is 5.91 Å². The van der Waals surface area contributed by atoms with Gasteiger partial charge in [-0.15, -0.1) is 0 Å². The molecule has 0 unspecified atom stereocenters. The van der Waals surface area contributed by atoms with E-state index in [1.54, 1.807) is 6.20 Å². The SMILES string of the molecule is Cc1cccnc1C(=O)NCCCCN. The number of pyridine rings is 1. The number of carbonyl (C=O) groups is 1. The molecule has 0 aromatic carbocycles. The minimum absolute atomic E-state index is 0.106. The fourth-order valence-electron chi connectivity index (χ4n) is 1.28. The minimum atomic E-state index is -0.106. The molecule has 82 valence electrons. The first-order valence-corrected chi connectivity index (χ1v) is 5.15. The van der Waals surface area contributed by atoms with Gasteiger partial charge >= 0.3 is 0 Å². The normalized spacial score (nSPS) is 10.0. The second-order valence-corrected chi connectivity index (χ2v) is 3.42. The number of unbranched alkanes of at least 4 members (excludes halogenated alkanes) is 1. The third-order valence-electron chi connectivity index (χ3n) is 2.14. The number of hydrogen-bond donors (Lipinski definition) is 2. The Morgan fingerprint density at radius 1 is 1.53 bits per heavy atom. The summed E-state index contributed by atoms with van der Waals surface area (Å²) in [7, 11) is 0. The van der Waals surface area contributed by atoms with Crippen molar-refractivity contribution in [2.45, 2.75) is 19.8 Å². The molecule has 1 amide bonds. The highest BCUT2D eigenvalue weighted by Crippen LogP contribution is 2.02. The van der Waals surface area contributed by atoms with E-state index in [2.05, 4.69) is 10.3 Å². The molecule has 1 heterocycles. The molecular formula is C11H17N3O. The lowest BCUT2D eigenvalue weighted by molar-refractivity contribution is 0.0947. The molecule has 0 aliphatic carbocycles. The lowest BCUT2D eigenvalue weighted by Gasteiger charge is -2.05. The molecule has 1 aromatic heterocycles. The first kappa shape index (κ1) is 11.7. The minimum Gasteiger partial charge on any atom is -0.351 e. The van der Waals surface area contributed by atoms with Crippen molar-refractivity contribution in [1.29, 1.82) is 0 Å². The van der Waals surface area contributed by atoms with Crippen LogP contribution in [0.3, 0.4) is 0 Å². The van der Waals surface area contributed by atoms with Crippen LogP contribution in [0.1, 0.15) is 28.9 Å². The van der Waals surface area contributed by atoms with Gasteiger partial charge in [-0.1, -0.05) is 6.07 Å². The molecule has 0 fully saturated rings. The molecule has 15 heavy (non-hydrogen) atoms. The molecule has 1 rings (SSSR count). The van der Waals surface area contributed by atoms with Crippen LogP contribution in [-0.2, 0) is 0 Å². The maximum Gasteiger partial charge on any atom is 0.270 e. The Hall–Kier alpha value is -1.42. The smallest absolute Gasteiger partial charge is 0.270 e. The van der Waals surface area contributed by atoms with Crippen molar-refractivity contribution in [2.75, 3.05) is 13.1 Å². The number of aromatic nitrogens is 1. The average molecular weight is 207 g/mol. The van der Waals surface area contributed by atoms with E-state index in [0.29, 0.717) is 18.8 Å². The molecular weight excluding hydrogens is 190 g/mol. The van der Waals surface area contributed by atoms with Crippen molar-refractivity contribution in [3.8, 4) is 0 Å². The van der Waals surface area contributed by atoms with Gasteiger partial charge in [0.05, 0.1) is 0 Å². The fourth-order valence-corrected chi connectivity index (χ4v) is 1.28. The van der Waals surface area contributed by atoms with Gasteiger partial charge < -0.3 is 11.1 Å². The Morgan fingerprint density at radius 3 is 3.00 bits per heavy atom. The fraction of sp³-hybridized carbons (Fsp3) is 0.455. The average Bonchev–Trinajstić information content (AvgIpc) is 2.25. The van der Waals surface area contributed by atoms with E-state index in [0.717, 1.165) is 18.4 Å². The molecule has 4 heteroatoms. The Bertz CT molecular complexity index is 325. The Morgan fingerprint density at radius 2 is 2.33 bits per heavy atom. The second-order valence-electron chi connectivity index (χ2n) is 3.42. The first-order chi connectivity index (χ1) is 7.25. The number of nitrogens with zero attached hydrogens (tertiary/aromatic N) is 1. The van der Waals surface area contributed by atoms with Gasteiger partial charge in [0, 0.05) is 12.7 Å². The monoisotopic (exact) mass is 207 g/mol. The van der Waals surface area contributed by atoms with Gasteiger partial charge in [-0.25, -0.2) is 0 Å². The van der Waals surface area contributed by atoms with Gasteiger partial charge in [-0.2, -0.15) is 0 Å². The molecule has 0 saturated carbocycles. The van der Waals surface area contributed by atoms with E-state index in [9.17, 15) is 4.79 Å². The van der Waals surface area contributed by atoms with Gasteiger partial charge in [-0.05, 0) is 37.9 Å². The van der Waals surface area contributed by atoms with Crippen LogP contribution in [0.5, 0.6) is 0 Å². The van der Waals surface area contributed by atoms with Crippen LogP contribution in [0.25, 0.3) is 0 Å². The second kappa shape index (κ2) is 6.14. The van der Waals surface area contributed by atoms with E-state index < -0.39 is 0 Å². The molecule has 0 bridgehead atoms. The lowest BCUT2D eigenvalue weighted by atomic mass is 10.2. The quantitative estimate of drug-likeness (QED) is 0.704. The number of nitrogens with one attached hydrogen (secondary N) is 1. The summed E-state index contributed by atoms with van der Waals surface area (Å²) in [6, 6.07) is 3.70. The highest BCUT2D eigenvalue weighted by molar-refractivity contribution is 5.93. The van der Waals surface area contributed by atoms with Crippen LogP contribution in [0.2, 0.25) is 0 Å². The molecule has 0 spiro atoms. The number of amides is 1. The Labute approximate surface area is 89.9 Å². The van der Waals surface area contributed by atoms with Crippen LogP contribution in [0.4, 0.5) is 0 Å². The zero-order valence-electron chi connectivity index (χ0n) is 8.99. The van der Waals surface area contributed by atoms with Gasteiger partial charge in [0.15, 0.2) is 0 Å². The first-order valence-electron chi connectivity index (χ1n) is 5.15. The zero-order chi connectivity index (χ0) is 11.1. The van der Waals surface area contributed by atoms with Crippen LogP contribution in [0, 0.1) is 6.92 Å². The molecule has 0 atom stereocenters. The van der Waals surface area contributed by atoms with Crippen molar-refractivity contribution in [1.82, 2.24) is 10.3 Å². The predicted molar refractivity (Wildman–Crippen MR) is 59.6 cm³/mol. The summed E-state index contributed by atoms with van der Waals surface area (Å²) in [4.78, 5) is 15.7. The largest absolute Gasteiger partial charge is 0.351 e. The van der Waals surface area contributed by atoms with Crippen LogP contribution >= 0.6 is 0 Å². The maximum absolute atomic E-state index is 11.6. The molecule has 3 N–H and O–H groups in total. The van der Waals surface area contributed by atoms with Gasteiger partial charge in [-0.3, -0.25) is 9.78 Å². The molecule has 0 aliphatic heterocycles. The van der Waals surface area contributed by atoms with Crippen LogP contribution in [0.15, 0.2) is 18.3 Å². The Kier molecular flexibility index (Phi) is 4.77. The summed E-state index contributed by atoms with van der Waals surface area (Å²) in [5.41, 5.74) is 6.76. The molecule has 1 aromatic rings. The summed E-state index contributed by atoms with van der Waals surface area (Å²) in [5, 5.41) is 2.82. The van der Waals surface area contributed by atoms with Crippen molar-refractivity contribution in [2.24, 2.45) is 5.73 Å². The van der Waals surface area contributed by atoms with E-state index in [1.165, 1.54) is 0 Å². The van der Waals surface area contributed by atoms with Gasteiger partial charge in [0.25, 0.3) is 5.91 Å². The van der Waals surface area contributed by atoms with Crippen LogP contribution < -0.4 is 11.1 Å². The van der Waals surface area contributed by atoms with E-state index in [-0.39, 0.29) is 5.91 Å². The zero-order valence-corrected chi connectivity index (χ0v) is 8.99. The highest BCUT2D eigenvalue weighted by Gasteiger charge is 2.08. The number of hydrogen-bond acceptors (Lipinski definition) is 3. The molecule has 4 nitrogen and oxygen atoms in total. The summed E-state index contributed by atoms with van der Waals surface area (Å²) in [6.07, 6.45) is 3.47. The summed E-state index contributed by atoms with van der Waals surface area (Å²) < 4.78 is 0. The van der Waals surface area contributed by atoms with Crippen molar-refractivity contribution in [3.05, 3.63) is 29.6 Å². The number of aryl methyl sites for hydroxylation is 1. The van der Waals surface area contributed by atoms with Crippen LogP contribution in [-0.4, -0.2) is 24.0 Å². The molecule has 0 radical (unpaired) electrons. The Balaban J connectivity index is 2.44. The van der Waals surface area contributed by atoms with E-state index in [4.69, 9.17) is 5.73 Å². The van der Waals surface area contributed by atoms with E-state index in [1.807, 2.05) is 19.1 Å². The summed E-state index contributed by atoms with van der Waals surface area (Å²) in [5.74, 6) is -0.106. The number of carbonyl (C=O) groups excluding carboxylic acids is 1. The van der Waals surface area contributed by atoms with Crippen molar-refractivity contribution < 1.29 is 4.79 Å². The third-order valence-corrected chi connectivity index (χ3v) is 2.14. The summed E-state index contributed by atoms with van der Waals surface area (Å²) in [6.45, 7) is 3.20. The van der Waals surface area contributed by atoms with Gasteiger partial charge in [0.2, 0.25) is 0 Å². The molecule has 0 saturated heterocycles. The standard InChI is InChI=1S/C11H17N3O/c1-9-5-4-8-13-10(9)11(15)14-7-3-2-6-12/h4-5,8H,2-3,6-7,12H2,1H3,(H,14,15). The predicted octanol–water partition coefficient (Wildman–Crippen LogP) is 0.859. The lowest BCUT2D eigenvalue weighted by Crippen LogP contribution is -2.26.